The molecule has 0 unspecified atom stereocenters. The summed E-state index contributed by atoms with van der Waals surface area (Å²) in [6.07, 6.45) is -0.429. The SMILES string of the molecule is N#Cc1ccnc(N2CCC[C@@H](c3ncc(C(F)(F)F)[nH]3)C2)c1. The fourth-order valence-corrected chi connectivity index (χ4v) is 2.76. The summed E-state index contributed by atoms with van der Waals surface area (Å²) in [5.74, 6) is 0.891. The number of hydrogen-bond donors (Lipinski definition) is 1. The van der Waals surface area contributed by atoms with Gasteiger partial charge in [0.1, 0.15) is 17.3 Å². The van der Waals surface area contributed by atoms with E-state index in [9.17, 15) is 13.2 Å². The quantitative estimate of drug-likeness (QED) is 0.923. The first kappa shape index (κ1) is 15.3. The van der Waals surface area contributed by atoms with E-state index in [-0.39, 0.29) is 5.92 Å². The van der Waals surface area contributed by atoms with Gasteiger partial charge in [-0.15, -0.1) is 0 Å². The van der Waals surface area contributed by atoms with Crippen LogP contribution < -0.4 is 4.90 Å². The van der Waals surface area contributed by atoms with Crippen LogP contribution in [0.1, 0.15) is 35.8 Å². The van der Waals surface area contributed by atoms with Crippen molar-refractivity contribution in [1.82, 2.24) is 15.0 Å². The van der Waals surface area contributed by atoms with Crippen LogP contribution in [0.2, 0.25) is 0 Å². The van der Waals surface area contributed by atoms with Crippen molar-refractivity contribution < 1.29 is 13.2 Å². The van der Waals surface area contributed by atoms with Gasteiger partial charge in [0, 0.05) is 25.2 Å². The molecule has 0 saturated carbocycles. The Kier molecular flexibility index (Phi) is 3.94. The molecule has 0 radical (unpaired) electrons. The van der Waals surface area contributed by atoms with E-state index >= 15 is 0 Å². The van der Waals surface area contributed by atoms with Crippen LogP contribution in [-0.4, -0.2) is 28.0 Å². The van der Waals surface area contributed by atoms with E-state index in [1.807, 2.05) is 4.90 Å². The van der Waals surface area contributed by atoms with Crippen molar-refractivity contribution in [2.75, 3.05) is 18.0 Å². The zero-order chi connectivity index (χ0) is 16.4. The molecule has 1 N–H and O–H groups in total. The van der Waals surface area contributed by atoms with Crippen molar-refractivity contribution in [3.8, 4) is 6.07 Å². The standard InChI is InChI=1S/C15H14F3N5/c16-15(17,18)12-8-21-14(22-12)11-2-1-5-23(9-11)13-6-10(7-19)3-4-20-13/h3-4,6,8,11H,1-2,5,9H2,(H,21,22)/t11-/m1/s1. The van der Waals surface area contributed by atoms with Gasteiger partial charge in [-0.25, -0.2) is 9.97 Å². The second kappa shape index (κ2) is 5.91. The molecule has 5 nitrogen and oxygen atoms in total. The van der Waals surface area contributed by atoms with E-state index in [1.165, 1.54) is 0 Å². The summed E-state index contributed by atoms with van der Waals surface area (Å²) >= 11 is 0. The highest BCUT2D eigenvalue weighted by molar-refractivity contribution is 5.45. The molecule has 2 aromatic rings. The Morgan fingerprint density at radius 3 is 2.87 bits per heavy atom. The number of pyridine rings is 1. The lowest BCUT2D eigenvalue weighted by atomic mass is 9.97. The number of anilines is 1. The van der Waals surface area contributed by atoms with Gasteiger partial charge in [-0.05, 0) is 25.0 Å². The zero-order valence-electron chi connectivity index (χ0n) is 12.1. The number of aromatic nitrogens is 3. The van der Waals surface area contributed by atoms with E-state index in [0.29, 0.717) is 23.8 Å². The Morgan fingerprint density at radius 1 is 1.35 bits per heavy atom. The second-order valence-corrected chi connectivity index (χ2v) is 5.48. The van der Waals surface area contributed by atoms with Gasteiger partial charge in [0.25, 0.3) is 0 Å². The smallest absolute Gasteiger partial charge is 0.356 e. The highest BCUT2D eigenvalue weighted by Gasteiger charge is 2.34. The van der Waals surface area contributed by atoms with Gasteiger partial charge in [0.15, 0.2) is 0 Å². The van der Waals surface area contributed by atoms with Gasteiger partial charge in [-0.1, -0.05) is 0 Å². The van der Waals surface area contributed by atoms with E-state index < -0.39 is 11.9 Å². The lowest BCUT2D eigenvalue weighted by Crippen LogP contribution is -2.35. The molecule has 0 bridgehead atoms. The largest absolute Gasteiger partial charge is 0.432 e. The summed E-state index contributed by atoms with van der Waals surface area (Å²) in [5, 5.41) is 8.95. The monoisotopic (exact) mass is 321 g/mol. The highest BCUT2D eigenvalue weighted by Crippen LogP contribution is 2.32. The Hall–Kier alpha value is -2.56. The van der Waals surface area contributed by atoms with Gasteiger partial charge < -0.3 is 9.88 Å². The van der Waals surface area contributed by atoms with Crippen LogP contribution in [0.4, 0.5) is 19.0 Å². The molecule has 8 heteroatoms. The molecule has 3 rings (SSSR count). The highest BCUT2D eigenvalue weighted by atomic mass is 19.4. The molecule has 1 atom stereocenters. The van der Waals surface area contributed by atoms with Crippen molar-refractivity contribution in [2.24, 2.45) is 0 Å². The van der Waals surface area contributed by atoms with E-state index in [0.717, 1.165) is 25.6 Å². The summed E-state index contributed by atoms with van der Waals surface area (Å²) in [4.78, 5) is 12.5. The number of nitrogens with zero attached hydrogens (tertiary/aromatic N) is 4. The number of hydrogen-bond acceptors (Lipinski definition) is 4. The van der Waals surface area contributed by atoms with Crippen LogP contribution in [0.5, 0.6) is 0 Å². The molecule has 0 amide bonds. The van der Waals surface area contributed by atoms with Crippen molar-refractivity contribution in [3.63, 3.8) is 0 Å². The molecule has 23 heavy (non-hydrogen) atoms. The number of nitriles is 1. The van der Waals surface area contributed by atoms with Crippen LogP contribution >= 0.6 is 0 Å². The summed E-state index contributed by atoms with van der Waals surface area (Å²) < 4.78 is 38.0. The van der Waals surface area contributed by atoms with Crippen molar-refractivity contribution >= 4 is 5.82 Å². The third-order valence-corrected chi connectivity index (χ3v) is 3.91. The molecule has 1 aliphatic heterocycles. The molecule has 2 aromatic heterocycles. The number of imidazole rings is 1. The molecule has 0 spiro atoms. The van der Waals surface area contributed by atoms with Crippen molar-refractivity contribution in [3.05, 3.63) is 41.6 Å². The fourth-order valence-electron chi connectivity index (χ4n) is 2.76. The van der Waals surface area contributed by atoms with Gasteiger partial charge in [0.05, 0.1) is 17.8 Å². The molecule has 1 fully saturated rings. The van der Waals surface area contributed by atoms with Gasteiger partial charge in [0.2, 0.25) is 0 Å². The number of alkyl halides is 3. The average Bonchev–Trinajstić information content (AvgIpc) is 3.05. The maximum atomic E-state index is 12.7. The molecule has 1 saturated heterocycles. The maximum absolute atomic E-state index is 12.7. The molecule has 3 heterocycles. The normalized spacial score (nSPS) is 18.7. The van der Waals surface area contributed by atoms with Crippen LogP contribution in [-0.2, 0) is 6.18 Å². The predicted molar refractivity (Wildman–Crippen MR) is 76.7 cm³/mol. The fraction of sp³-hybridized carbons (Fsp3) is 0.400. The van der Waals surface area contributed by atoms with Gasteiger partial charge in [-0.2, -0.15) is 18.4 Å². The van der Waals surface area contributed by atoms with Crippen molar-refractivity contribution in [2.45, 2.75) is 24.9 Å². The Bertz CT molecular complexity index is 731. The number of aromatic amines is 1. The summed E-state index contributed by atoms with van der Waals surface area (Å²) in [6, 6.07) is 5.36. The van der Waals surface area contributed by atoms with Crippen LogP contribution in [0.15, 0.2) is 24.5 Å². The van der Waals surface area contributed by atoms with Crippen LogP contribution in [0.3, 0.4) is 0 Å². The van der Waals surface area contributed by atoms with Gasteiger partial charge in [-0.3, -0.25) is 0 Å². The van der Waals surface area contributed by atoms with E-state index in [1.54, 1.807) is 18.3 Å². The molecule has 0 aromatic carbocycles. The number of halogens is 3. The molecular formula is C15H14F3N5. The first-order valence-corrected chi connectivity index (χ1v) is 7.20. The first-order chi connectivity index (χ1) is 11.0. The topological polar surface area (TPSA) is 68.6 Å². The summed E-state index contributed by atoms with van der Waals surface area (Å²) in [7, 11) is 0. The number of nitrogens with one attached hydrogen (secondary N) is 1. The molecule has 0 aliphatic carbocycles. The minimum Gasteiger partial charge on any atom is -0.356 e. The number of rotatable bonds is 2. The Labute approximate surface area is 130 Å². The third-order valence-electron chi connectivity index (χ3n) is 3.91. The number of H-pyrrole nitrogens is 1. The van der Waals surface area contributed by atoms with Crippen molar-refractivity contribution in [1.29, 1.82) is 5.26 Å². The third kappa shape index (κ3) is 3.28. The average molecular weight is 321 g/mol. The lowest BCUT2D eigenvalue weighted by Gasteiger charge is -2.32. The van der Waals surface area contributed by atoms with Crippen LogP contribution in [0, 0.1) is 11.3 Å². The minimum absolute atomic E-state index is 0.118. The summed E-state index contributed by atoms with van der Waals surface area (Å²) in [5.41, 5.74) is -0.316. The Balaban J connectivity index is 1.78. The minimum atomic E-state index is -4.41. The second-order valence-electron chi connectivity index (χ2n) is 5.48. The molecular weight excluding hydrogens is 307 g/mol. The van der Waals surface area contributed by atoms with E-state index in [4.69, 9.17) is 5.26 Å². The maximum Gasteiger partial charge on any atom is 0.432 e. The predicted octanol–water partition coefficient (Wildman–Crippen LogP) is 3.08. The Morgan fingerprint density at radius 2 is 2.17 bits per heavy atom. The van der Waals surface area contributed by atoms with E-state index in [2.05, 4.69) is 21.0 Å². The first-order valence-electron chi connectivity index (χ1n) is 7.20. The lowest BCUT2D eigenvalue weighted by molar-refractivity contribution is -0.141. The molecule has 1 aliphatic rings. The summed E-state index contributed by atoms with van der Waals surface area (Å²) in [6.45, 7) is 1.28. The van der Waals surface area contributed by atoms with Crippen LogP contribution in [0.25, 0.3) is 0 Å². The van der Waals surface area contributed by atoms with Gasteiger partial charge >= 0.3 is 6.18 Å². The number of piperidine rings is 1. The zero-order valence-corrected chi connectivity index (χ0v) is 12.1. The molecule has 120 valence electrons.